The van der Waals surface area contributed by atoms with Gasteiger partial charge in [0.1, 0.15) is 12.7 Å². The Hall–Kier alpha value is -2.57. The Morgan fingerprint density at radius 1 is 1.12 bits per heavy atom. The molecule has 7 heteroatoms. The molecule has 0 spiro atoms. The molecule has 24 heavy (non-hydrogen) atoms. The summed E-state index contributed by atoms with van der Waals surface area (Å²) >= 11 is 0. The molecule has 0 bridgehead atoms. The lowest BCUT2D eigenvalue weighted by Gasteiger charge is -2.18. The van der Waals surface area contributed by atoms with Gasteiger partial charge >= 0.3 is 12.1 Å². The van der Waals surface area contributed by atoms with E-state index in [1.165, 1.54) is 0 Å². The maximum Gasteiger partial charge on any atom is 0.405 e. The van der Waals surface area contributed by atoms with Crippen LogP contribution in [0.15, 0.2) is 30.3 Å². The summed E-state index contributed by atoms with van der Waals surface area (Å²) in [5, 5.41) is 2.74. The van der Waals surface area contributed by atoms with Gasteiger partial charge < -0.3 is 20.5 Å². The summed E-state index contributed by atoms with van der Waals surface area (Å²) in [6.07, 6.45) is -1.97. The Bertz CT molecular complexity index is 559. The zero-order valence-electron chi connectivity index (χ0n) is 14.2. The Morgan fingerprint density at radius 2 is 1.75 bits per heavy atom. The van der Waals surface area contributed by atoms with Gasteiger partial charge in [0.25, 0.3) is 0 Å². The van der Waals surface area contributed by atoms with Crippen LogP contribution in [0.1, 0.15) is 38.9 Å². The highest BCUT2D eigenvalue weighted by Crippen LogP contribution is 2.21. The van der Waals surface area contributed by atoms with Crippen molar-refractivity contribution in [2.24, 2.45) is 11.7 Å². The van der Waals surface area contributed by atoms with Crippen molar-refractivity contribution >= 4 is 18.0 Å². The van der Waals surface area contributed by atoms with Crippen molar-refractivity contribution < 1.29 is 23.9 Å². The van der Waals surface area contributed by atoms with Gasteiger partial charge in [0.15, 0.2) is 0 Å². The molecule has 2 amide bonds. The zero-order chi connectivity index (χ0) is 18.1. The van der Waals surface area contributed by atoms with Crippen LogP contribution in [0.25, 0.3) is 0 Å². The predicted molar refractivity (Wildman–Crippen MR) is 87.9 cm³/mol. The quantitative estimate of drug-likeness (QED) is 0.705. The first-order chi connectivity index (χ1) is 11.3. The molecule has 1 rings (SSSR count). The van der Waals surface area contributed by atoms with Crippen LogP contribution in [0.3, 0.4) is 0 Å². The number of carbonyl (C=O) groups is 3. The second-order valence-electron chi connectivity index (χ2n) is 5.79. The fourth-order valence-electron chi connectivity index (χ4n) is 1.97. The fourth-order valence-corrected chi connectivity index (χ4v) is 1.97. The minimum absolute atomic E-state index is 0.0158. The average molecular weight is 336 g/mol. The van der Waals surface area contributed by atoms with Crippen molar-refractivity contribution in [3.8, 4) is 0 Å². The van der Waals surface area contributed by atoms with E-state index in [-0.39, 0.29) is 25.0 Å². The van der Waals surface area contributed by atoms with Crippen LogP contribution in [0.5, 0.6) is 0 Å². The van der Waals surface area contributed by atoms with Crippen molar-refractivity contribution in [2.45, 2.75) is 39.3 Å². The summed E-state index contributed by atoms with van der Waals surface area (Å²) in [6, 6.07) is 8.78. The number of benzene rings is 1. The van der Waals surface area contributed by atoms with Gasteiger partial charge in [-0.05, 0) is 19.4 Å². The van der Waals surface area contributed by atoms with E-state index in [4.69, 9.17) is 15.2 Å². The Labute approximate surface area is 141 Å². The molecule has 0 aliphatic heterocycles. The van der Waals surface area contributed by atoms with E-state index in [0.717, 1.165) is 0 Å². The van der Waals surface area contributed by atoms with Crippen molar-refractivity contribution in [2.75, 3.05) is 6.61 Å². The third-order valence-corrected chi connectivity index (χ3v) is 3.15. The van der Waals surface area contributed by atoms with E-state index in [1.807, 2.05) is 13.8 Å². The van der Waals surface area contributed by atoms with Gasteiger partial charge in [-0.15, -0.1) is 0 Å². The molecule has 0 aliphatic carbocycles. The zero-order valence-corrected chi connectivity index (χ0v) is 14.2. The van der Waals surface area contributed by atoms with Gasteiger partial charge in [-0.25, -0.2) is 4.79 Å². The summed E-state index contributed by atoms with van der Waals surface area (Å²) in [4.78, 5) is 34.8. The molecule has 0 heterocycles. The van der Waals surface area contributed by atoms with Crippen LogP contribution in [-0.2, 0) is 19.1 Å². The highest BCUT2D eigenvalue weighted by molar-refractivity contribution is 5.79. The van der Waals surface area contributed by atoms with Crippen molar-refractivity contribution in [1.29, 1.82) is 0 Å². The van der Waals surface area contributed by atoms with Crippen molar-refractivity contribution in [3.63, 3.8) is 0 Å². The molecule has 0 fully saturated rings. The van der Waals surface area contributed by atoms with Crippen LogP contribution in [0.2, 0.25) is 0 Å². The van der Waals surface area contributed by atoms with Crippen LogP contribution in [0.4, 0.5) is 4.79 Å². The van der Waals surface area contributed by atoms with E-state index < -0.39 is 24.1 Å². The second-order valence-corrected chi connectivity index (χ2v) is 5.79. The molecule has 0 aliphatic rings. The SMILES string of the molecule is CC(C)NC(=O)C(C)COC(=O)CC(OC(N)=O)c1ccccc1. The maximum atomic E-state index is 12.0. The van der Waals surface area contributed by atoms with E-state index in [0.29, 0.717) is 5.56 Å². The lowest BCUT2D eigenvalue weighted by molar-refractivity contribution is -0.148. The summed E-state index contributed by atoms with van der Waals surface area (Å²) in [5.41, 5.74) is 5.69. The summed E-state index contributed by atoms with van der Waals surface area (Å²) < 4.78 is 10.1. The highest BCUT2D eigenvalue weighted by atomic mass is 16.6. The number of nitrogens with two attached hydrogens (primary N) is 1. The molecule has 0 radical (unpaired) electrons. The number of carbonyl (C=O) groups excluding carboxylic acids is 3. The molecule has 2 unspecified atom stereocenters. The Morgan fingerprint density at radius 3 is 2.29 bits per heavy atom. The number of hydrogen-bond donors (Lipinski definition) is 2. The Balaban J connectivity index is 2.56. The molecule has 0 saturated carbocycles. The first kappa shape index (κ1) is 19.5. The number of rotatable bonds is 8. The van der Waals surface area contributed by atoms with Crippen LogP contribution in [0, 0.1) is 5.92 Å². The number of nitrogens with one attached hydrogen (secondary N) is 1. The molecule has 0 saturated heterocycles. The predicted octanol–water partition coefficient (Wildman–Crippen LogP) is 1.92. The lowest BCUT2D eigenvalue weighted by atomic mass is 10.1. The van der Waals surface area contributed by atoms with Gasteiger partial charge in [-0.3, -0.25) is 9.59 Å². The monoisotopic (exact) mass is 336 g/mol. The van der Waals surface area contributed by atoms with E-state index in [1.54, 1.807) is 37.3 Å². The van der Waals surface area contributed by atoms with Crippen LogP contribution < -0.4 is 11.1 Å². The molecule has 1 aromatic carbocycles. The molecular formula is C17H24N2O5. The molecule has 2 atom stereocenters. The summed E-state index contributed by atoms with van der Waals surface area (Å²) in [7, 11) is 0. The Kier molecular flexibility index (Phi) is 7.74. The fraction of sp³-hybridized carbons (Fsp3) is 0.471. The normalized spacial score (nSPS) is 13.0. The third-order valence-electron chi connectivity index (χ3n) is 3.15. The van der Waals surface area contributed by atoms with E-state index >= 15 is 0 Å². The summed E-state index contributed by atoms with van der Waals surface area (Å²) in [6.45, 7) is 5.32. The standard InChI is InChI=1S/C17H24N2O5/c1-11(2)19-16(21)12(3)10-23-15(20)9-14(24-17(18)22)13-7-5-4-6-8-13/h4-8,11-12,14H,9-10H2,1-3H3,(H2,18,22)(H,19,21). The van der Waals surface area contributed by atoms with Crippen LogP contribution >= 0.6 is 0 Å². The van der Waals surface area contributed by atoms with E-state index in [9.17, 15) is 14.4 Å². The lowest BCUT2D eigenvalue weighted by Crippen LogP contribution is -2.36. The third kappa shape index (κ3) is 7.13. The number of esters is 1. The molecule has 3 N–H and O–H groups in total. The first-order valence-corrected chi connectivity index (χ1v) is 7.76. The van der Waals surface area contributed by atoms with E-state index in [2.05, 4.69) is 5.32 Å². The van der Waals surface area contributed by atoms with Gasteiger partial charge in [0, 0.05) is 6.04 Å². The van der Waals surface area contributed by atoms with Gasteiger partial charge in [-0.2, -0.15) is 0 Å². The smallest absolute Gasteiger partial charge is 0.405 e. The molecular weight excluding hydrogens is 312 g/mol. The van der Waals surface area contributed by atoms with Gasteiger partial charge in [-0.1, -0.05) is 37.3 Å². The summed E-state index contributed by atoms with van der Waals surface area (Å²) in [5.74, 6) is -1.23. The van der Waals surface area contributed by atoms with Crippen LogP contribution in [-0.4, -0.2) is 30.6 Å². The second kappa shape index (κ2) is 9.54. The number of amides is 2. The number of ether oxygens (including phenoxy) is 2. The van der Waals surface area contributed by atoms with Gasteiger partial charge in [0.2, 0.25) is 5.91 Å². The molecule has 0 aromatic heterocycles. The van der Waals surface area contributed by atoms with Crippen molar-refractivity contribution in [3.05, 3.63) is 35.9 Å². The largest absolute Gasteiger partial charge is 0.465 e. The number of hydrogen-bond acceptors (Lipinski definition) is 5. The highest BCUT2D eigenvalue weighted by Gasteiger charge is 2.22. The van der Waals surface area contributed by atoms with Crippen molar-refractivity contribution in [1.82, 2.24) is 5.32 Å². The molecule has 7 nitrogen and oxygen atoms in total. The molecule has 1 aromatic rings. The first-order valence-electron chi connectivity index (χ1n) is 7.76. The van der Waals surface area contributed by atoms with Gasteiger partial charge in [0.05, 0.1) is 12.3 Å². The average Bonchev–Trinajstić information content (AvgIpc) is 2.51. The number of primary amides is 1. The molecule has 132 valence electrons. The minimum Gasteiger partial charge on any atom is -0.465 e. The maximum absolute atomic E-state index is 12.0. The minimum atomic E-state index is -0.971. The topological polar surface area (TPSA) is 108 Å².